The predicted octanol–water partition coefficient (Wildman–Crippen LogP) is 3.38. The van der Waals surface area contributed by atoms with Crippen LogP contribution in [-0.4, -0.2) is 75.9 Å². The Labute approximate surface area is 176 Å². The summed E-state index contributed by atoms with van der Waals surface area (Å²) in [6.07, 6.45) is 5.83. The quantitative estimate of drug-likeness (QED) is 0.470. The summed E-state index contributed by atoms with van der Waals surface area (Å²) in [6, 6.07) is 5.84. The number of rotatable bonds is 13. The Hall–Kier alpha value is -1.79. The van der Waals surface area contributed by atoms with E-state index in [0.29, 0.717) is 18.6 Å². The number of unbranched alkanes of at least 4 members (excludes halogenated alkanes) is 3. The van der Waals surface area contributed by atoms with Crippen LogP contribution in [0.25, 0.3) is 0 Å². The SMILES string of the molecule is CCCCCCN(CCN1CCOCC1)C(=O)CCc1cccc(OC)c1OC. The first-order valence-electron chi connectivity index (χ1n) is 11.0. The molecule has 0 aliphatic carbocycles. The van der Waals surface area contributed by atoms with Gasteiger partial charge in [-0.1, -0.05) is 38.3 Å². The van der Waals surface area contributed by atoms with Crippen molar-refractivity contribution in [1.29, 1.82) is 0 Å². The van der Waals surface area contributed by atoms with Gasteiger partial charge in [0.25, 0.3) is 0 Å². The molecule has 1 aromatic carbocycles. The number of carbonyl (C=O) groups excluding carboxylic acids is 1. The molecule has 0 radical (unpaired) electrons. The maximum Gasteiger partial charge on any atom is 0.222 e. The van der Waals surface area contributed by atoms with E-state index < -0.39 is 0 Å². The monoisotopic (exact) mass is 406 g/mol. The first-order chi connectivity index (χ1) is 14.2. The van der Waals surface area contributed by atoms with E-state index in [1.807, 2.05) is 18.2 Å². The van der Waals surface area contributed by atoms with Gasteiger partial charge in [-0.15, -0.1) is 0 Å². The Kier molecular flexibility index (Phi) is 10.9. The molecule has 0 bridgehead atoms. The molecule has 1 aliphatic rings. The number of aryl methyl sites for hydroxylation is 1. The van der Waals surface area contributed by atoms with Crippen LogP contribution in [0.2, 0.25) is 0 Å². The summed E-state index contributed by atoms with van der Waals surface area (Å²) in [7, 11) is 3.28. The highest BCUT2D eigenvalue weighted by Crippen LogP contribution is 2.31. The van der Waals surface area contributed by atoms with E-state index in [1.165, 1.54) is 19.3 Å². The van der Waals surface area contributed by atoms with Crippen LogP contribution in [0.1, 0.15) is 44.6 Å². The third-order valence-corrected chi connectivity index (χ3v) is 5.52. The zero-order valence-corrected chi connectivity index (χ0v) is 18.5. The summed E-state index contributed by atoms with van der Waals surface area (Å²) in [5.74, 6) is 1.66. The van der Waals surface area contributed by atoms with Crippen molar-refractivity contribution in [2.75, 3.05) is 60.2 Å². The first-order valence-corrected chi connectivity index (χ1v) is 11.0. The van der Waals surface area contributed by atoms with E-state index in [9.17, 15) is 4.79 Å². The third kappa shape index (κ3) is 7.86. The van der Waals surface area contributed by atoms with Crippen LogP contribution in [0.4, 0.5) is 0 Å². The van der Waals surface area contributed by atoms with Crippen LogP contribution >= 0.6 is 0 Å². The second kappa shape index (κ2) is 13.4. The fourth-order valence-corrected chi connectivity index (χ4v) is 3.73. The molecule has 0 atom stereocenters. The van der Waals surface area contributed by atoms with Crippen LogP contribution in [-0.2, 0) is 16.0 Å². The van der Waals surface area contributed by atoms with E-state index in [2.05, 4.69) is 16.7 Å². The lowest BCUT2D eigenvalue weighted by Crippen LogP contribution is -2.43. The van der Waals surface area contributed by atoms with Crippen molar-refractivity contribution in [3.8, 4) is 11.5 Å². The minimum atomic E-state index is 0.222. The number of para-hydroxylation sites is 1. The van der Waals surface area contributed by atoms with Crippen LogP contribution in [0.15, 0.2) is 18.2 Å². The molecule has 0 N–H and O–H groups in total. The van der Waals surface area contributed by atoms with Gasteiger partial charge in [-0.2, -0.15) is 0 Å². The highest BCUT2D eigenvalue weighted by Gasteiger charge is 2.18. The molecular weight excluding hydrogens is 368 g/mol. The van der Waals surface area contributed by atoms with E-state index in [0.717, 1.165) is 63.7 Å². The van der Waals surface area contributed by atoms with Gasteiger partial charge in [0.2, 0.25) is 5.91 Å². The second-order valence-electron chi connectivity index (χ2n) is 7.55. The molecule has 1 aromatic rings. The standard InChI is InChI=1S/C23H38N2O4/c1-4-5-6-7-13-25(15-14-24-16-18-29-19-17-24)22(26)12-11-20-9-8-10-21(27-2)23(20)28-3/h8-10H,4-7,11-19H2,1-3H3. The highest BCUT2D eigenvalue weighted by molar-refractivity contribution is 5.76. The van der Waals surface area contributed by atoms with Gasteiger partial charge < -0.3 is 19.1 Å². The predicted molar refractivity (Wildman–Crippen MR) is 116 cm³/mol. The lowest BCUT2D eigenvalue weighted by atomic mass is 10.1. The average Bonchev–Trinajstić information content (AvgIpc) is 2.77. The maximum absolute atomic E-state index is 13.0. The summed E-state index contributed by atoms with van der Waals surface area (Å²) in [5, 5.41) is 0. The molecule has 0 aromatic heterocycles. The summed E-state index contributed by atoms with van der Waals surface area (Å²) in [4.78, 5) is 17.5. The van der Waals surface area contributed by atoms with Crippen molar-refractivity contribution in [2.45, 2.75) is 45.4 Å². The van der Waals surface area contributed by atoms with Gasteiger partial charge in [0.1, 0.15) is 0 Å². The maximum atomic E-state index is 13.0. The van der Waals surface area contributed by atoms with Gasteiger partial charge in [0.15, 0.2) is 11.5 Å². The number of morpholine rings is 1. The van der Waals surface area contributed by atoms with Gasteiger partial charge in [0, 0.05) is 39.1 Å². The van der Waals surface area contributed by atoms with Crippen LogP contribution in [0.5, 0.6) is 11.5 Å². The average molecular weight is 407 g/mol. The number of ether oxygens (including phenoxy) is 3. The Balaban J connectivity index is 1.92. The molecule has 0 spiro atoms. The number of benzene rings is 1. The number of hydrogen-bond acceptors (Lipinski definition) is 5. The fraction of sp³-hybridized carbons (Fsp3) is 0.696. The lowest BCUT2D eigenvalue weighted by molar-refractivity contribution is -0.131. The van der Waals surface area contributed by atoms with Gasteiger partial charge >= 0.3 is 0 Å². The van der Waals surface area contributed by atoms with Crippen LogP contribution in [0, 0.1) is 0 Å². The van der Waals surface area contributed by atoms with Crippen molar-refractivity contribution >= 4 is 5.91 Å². The van der Waals surface area contributed by atoms with Gasteiger partial charge in [-0.25, -0.2) is 0 Å². The van der Waals surface area contributed by atoms with Crippen molar-refractivity contribution in [3.05, 3.63) is 23.8 Å². The Morgan fingerprint density at radius 3 is 2.59 bits per heavy atom. The third-order valence-electron chi connectivity index (χ3n) is 5.52. The number of hydrogen-bond donors (Lipinski definition) is 0. The van der Waals surface area contributed by atoms with Crippen molar-refractivity contribution < 1.29 is 19.0 Å². The molecular formula is C23H38N2O4. The topological polar surface area (TPSA) is 51.2 Å². The molecule has 6 nitrogen and oxygen atoms in total. The summed E-state index contributed by atoms with van der Waals surface area (Å²) in [5.41, 5.74) is 1.01. The molecule has 1 saturated heterocycles. The van der Waals surface area contributed by atoms with E-state index in [4.69, 9.17) is 14.2 Å². The number of nitrogens with zero attached hydrogens (tertiary/aromatic N) is 2. The minimum absolute atomic E-state index is 0.222. The molecule has 2 rings (SSSR count). The molecule has 164 valence electrons. The molecule has 0 unspecified atom stereocenters. The molecule has 1 heterocycles. The zero-order valence-electron chi connectivity index (χ0n) is 18.5. The summed E-state index contributed by atoms with van der Waals surface area (Å²) in [6.45, 7) is 8.27. The van der Waals surface area contributed by atoms with Crippen molar-refractivity contribution in [1.82, 2.24) is 9.80 Å². The van der Waals surface area contributed by atoms with Crippen LogP contribution < -0.4 is 9.47 Å². The minimum Gasteiger partial charge on any atom is -0.493 e. The van der Waals surface area contributed by atoms with Crippen LogP contribution in [0.3, 0.4) is 0 Å². The molecule has 1 aliphatic heterocycles. The van der Waals surface area contributed by atoms with Gasteiger partial charge in [-0.05, 0) is 24.5 Å². The molecule has 1 fully saturated rings. The van der Waals surface area contributed by atoms with Gasteiger partial charge in [0.05, 0.1) is 27.4 Å². The van der Waals surface area contributed by atoms with Crippen molar-refractivity contribution in [2.24, 2.45) is 0 Å². The second-order valence-corrected chi connectivity index (χ2v) is 7.55. The smallest absolute Gasteiger partial charge is 0.222 e. The number of methoxy groups -OCH3 is 2. The normalized spacial score (nSPS) is 14.6. The number of amides is 1. The van der Waals surface area contributed by atoms with E-state index in [-0.39, 0.29) is 5.91 Å². The molecule has 6 heteroatoms. The van der Waals surface area contributed by atoms with E-state index >= 15 is 0 Å². The molecule has 0 saturated carbocycles. The Bertz CT molecular complexity index is 603. The van der Waals surface area contributed by atoms with E-state index in [1.54, 1.807) is 14.2 Å². The zero-order chi connectivity index (χ0) is 20.9. The molecule has 29 heavy (non-hydrogen) atoms. The largest absolute Gasteiger partial charge is 0.493 e. The van der Waals surface area contributed by atoms with Crippen molar-refractivity contribution in [3.63, 3.8) is 0 Å². The Morgan fingerprint density at radius 2 is 1.90 bits per heavy atom. The number of carbonyl (C=O) groups is 1. The fourth-order valence-electron chi connectivity index (χ4n) is 3.73. The molecule has 1 amide bonds. The highest BCUT2D eigenvalue weighted by atomic mass is 16.5. The first kappa shape index (κ1) is 23.5. The summed E-state index contributed by atoms with van der Waals surface area (Å²) < 4.78 is 16.3. The lowest BCUT2D eigenvalue weighted by Gasteiger charge is -2.30. The summed E-state index contributed by atoms with van der Waals surface area (Å²) >= 11 is 0. The Morgan fingerprint density at radius 1 is 1.10 bits per heavy atom. The van der Waals surface area contributed by atoms with Gasteiger partial charge in [-0.3, -0.25) is 9.69 Å².